The summed E-state index contributed by atoms with van der Waals surface area (Å²) in [6.45, 7) is 7.39. The number of esters is 1. The zero-order valence-corrected chi connectivity index (χ0v) is 25.3. The van der Waals surface area contributed by atoms with Gasteiger partial charge in [0.1, 0.15) is 17.6 Å². The summed E-state index contributed by atoms with van der Waals surface area (Å²) in [6, 6.07) is 23.1. The Morgan fingerprint density at radius 3 is 2.20 bits per heavy atom. The lowest BCUT2D eigenvalue weighted by atomic mass is 10.0. The van der Waals surface area contributed by atoms with Crippen molar-refractivity contribution >= 4 is 5.97 Å². The van der Waals surface area contributed by atoms with Crippen molar-refractivity contribution in [1.82, 2.24) is 0 Å². The Bertz CT molecular complexity index is 1220. The second-order valence-electron chi connectivity index (χ2n) is 11.2. The lowest BCUT2D eigenvalue weighted by molar-refractivity contribution is 0.0734. The summed E-state index contributed by atoms with van der Waals surface area (Å²) >= 11 is 0. The van der Waals surface area contributed by atoms with E-state index >= 15 is 0 Å². The maximum atomic E-state index is 12.7. The summed E-state index contributed by atoms with van der Waals surface area (Å²) in [7, 11) is 0. The van der Waals surface area contributed by atoms with Crippen LogP contribution in [0.1, 0.15) is 113 Å². The number of hydrogen-bond donors (Lipinski definition) is 0. The van der Waals surface area contributed by atoms with Crippen molar-refractivity contribution in [3.63, 3.8) is 0 Å². The third kappa shape index (κ3) is 11.1. The van der Waals surface area contributed by atoms with Crippen molar-refractivity contribution in [3.8, 4) is 28.7 Å². The molecule has 1 unspecified atom stereocenters. The Morgan fingerprint density at radius 2 is 1.49 bits per heavy atom. The Morgan fingerprint density at radius 1 is 0.805 bits per heavy atom. The molecule has 0 amide bonds. The SMILES string of the molecule is CCCCCCCCc1ccc(OC(=O)c2ccc(-c3ccc(OCCCCCC(C)CC)c(C#N)c3)cc2)cc1. The largest absolute Gasteiger partial charge is 0.492 e. The van der Waals surface area contributed by atoms with Gasteiger partial charge in [0, 0.05) is 0 Å². The molecule has 41 heavy (non-hydrogen) atoms. The van der Waals surface area contributed by atoms with Gasteiger partial charge in [-0.2, -0.15) is 5.26 Å². The van der Waals surface area contributed by atoms with Gasteiger partial charge in [0.25, 0.3) is 0 Å². The predicted molar refractivity (Wildman–Crippen MR) is 168 cm³/mol. The van der Waals surface area contributed by atoms with E-state index in [-0.39, 0.29) is 5.97 Å². The number of carbonyl (C=O) groups is 1. The van der Waals surface area contributed by atoms with Gasteiger partial charge in [-0.05, 0) is 78.3 Å². The first-order valence-electron chi connectivity index (χ1n) is 15.6. The molecule has 0 bridgehead atoms. The maximum Gasteiger partial charge on any atom is 0.343 e. The van der Waals surface area contributed by atoms with Crippen molar-refractivity contribution in [2.24, 2.45) is 5.92 Å². The van der Waals surface area contributed by atoms with E-state index in [1.165, 1.54) is 63.4 Å². The van der Waals surface area contributed by atoms with Crippen molar-refractivity contribution in [2.45, 2.75) is 97.8 Å². The molecule has 0 aromatic heterocycles. The van der Waals surface area contributed by atoms with Gasteiger partial charge < -0.3 is 9.47 Å². The Labute approximate surface area is 247 Å². The lowest BCUT2D eigenvalue weighted by Crippen LogP contribution is -2.08. The van der Waals surface area contributed by atoms with E-state index in [0.29, 0.717) is 29.2 Å². The molecule has 4 nitrogen and oxygen atoms in total. The van der Waals surface area contributed by atoms with Crippen LogP contribution >= 0.6 is 0 Å². The van der Waals surface area contributed by atoms with E-state index in [4.69, 9.17) is 9.47 Å². The monoisotopic (exact) mass is 553 g/mol. The van der Waals surface area contributed by atoms with Crippen molar-refractivity contribution in [1.29, 1.82) is 5.26 Å². The number of unbranched alkanes of at least 4 members (excludes halogenated alkanes) is 7. The molecule has 4 heteroatoms. The lowest BCUT2D eigenvalue weighted by Gasteiger charge is -2.11. The van der Waals surface area contributed by atoms with Crippen molar-refractivity contribution < 1.29 is 14.3 Å². The van der Waals surface area contributed by atoms with Gasteiger partial charge >= 0.3 is 5.97 Å². The van der Waals surface area contributed by atoms with Gasteiger partial charge in [0.2, 0.25) is 0 Å². The standard InChI is InChI=1S/C37H47NO3/c1-4-6-7-8-9-12-15-30-16-23-35(24-17-30)41-37(39)32-20-18-31(19-21-32)33-22-25-36(34(27-33)28-38)40-26-13-10-11-14-29(3)5-2/h16-25,27,29H,4-15,26H2,1-3H3. The molecule has 0 aliphatic rings. The third-order valence-corrected chi connectivity index (χ3v) is 7.80. The van der Waals surface area contributed by atoms with Gasteiger partial charge in [0.15, 0.2) is 0 Å². The number of aryl methyl sites for hydroxylation is 1. The molecule has 0 radical (unpaired) electrons. The first-order valence-corrected chi connectivity index (χ1v) is 15.6. The van der Waals surface area contributed by atoms with Crippen LogP contribution in [0.25, 0.3) is 11.1 Å². The van der Waals surface area contributed by atoms with Crippen LogP contribution in [-0.4, -0.2) is 12.6 Å². The fourth-order valence-electron chi connectivity index (χ4n) is 4.88. The van der Waals surface area contributed by atoms with E-state index < -0.39 is 0 Å². The van der Waals surface area contributed by atoms with E-state index in [2.05, 4.69) is 26.8 Å². The average molecular weight is 554 g/mol. The number of benzene rings is 3. The van der Waals surface area contributed by atoms with Crippen LogP contribution in [0.4, 0.5) is 0 Å². The van der Waals surface area contributed by atoms with Crippen LogP contribution in [-0.2, 0) is 6.42 Å². The summed E-state index contributed by atoms with van der Waals surface area (Å²) in [5.74, 6) is 1.57. The van der Waals surface area contributed by atoms with Crippen molar-refractivity contribution in [3.05, 3.63) is 83.4 Å². The number of hydrogen-bond acceptors (Lipinski definition) is 4. The highest BCUT2D eigenvalue weighted by Crippen LogP contribution is 2.27. The predicted octanol–water partition coefficient (Wildman–Crippen LogP) is 10.3. The molecule has 218 valence electrons. The normalized spacial score (nSPS) is 11.6. The molecule has 0 aliphatic heterocycles. The Kier molecular flexibility index (Phi) is 14.0. The molecular formula is C37H47NO3. The molecule has 3 rings (SSSR count). The zero-order chi connectivity index (χ0) is 29.3. The van der Waals surface area contributed by atoms with Gasteiger partial charge in [-0.15, -0.1) is 0 Å². The van der Waals surface area contributed by atoms with E-state index in [1.807, 2.05) is 54.6 Å². The average Bonchev–Trinajstić information content (AvgIpc) is 3.01. The summed E-state index contributed by atoms with van der Waals surface area (Å²) in [4.78, 5) is 12.7. The quantitative estimate of drug-likeness (QED) is 0.0893. The van der Waals surface area contributed by atoms with Gasteiger partial charge in [-0.3, -0.25) is 0 Å². The topological polar surface area (TPSA) is 59.3 Å². The molecule has 0 heterocycles. The fourth-order valence-corrected chi connectivity index (χ4v) is 4.88. The van der Waals surface area contributed by atoms with E-state index in [1.54, 1.807) is 12.1 Å². The van der Waals surface area contributed by atoms with Gasteiger partial charge in [0.05, 0.1) is 17.7 Å². The first-order chi connectivity index (χ1) is 20.0. The molecule has 0 N–H and O–H groups in total. The molecule has 0 spiro atoms. The molecule has 1 atom stereocenters. The van der Waals surface area contributed by atoms with Gasteiger partial charge in [-0.1, -0.05) is 109 Å². The van der Waals surface area contributed by atoms with Crippen LogP contribution in [0.3, 0.4) is 0 Å². The number of rotatable bonds is 18. The summed E-state index contributed by atoms with van der Waals surface area (Å²) < 4.78 is 11.5. The summed E-state index contributed by atoms with van der Waals surface area (Å²) in [5.41, 5.74) is 4.11. The minimum atomic E-state index is -0.383. The second kappa shape index (κ2) is 18.0. The molecule has 0 saturated carbocycles. The van der Waals surface area contributed by atoms with Crippen LogP contribution in [0.15, 0.2) is 66.7 Å². The molecule has 0 fully saturated rings. The second-order valence-corrected chi connectivity index (χ2v) is 11.2. The van der Waals surface area contributed by atoms with E-state index in [0.717, 1.165) is 36.3 Å². The zero-order valence-electron chi connectivity index (χ0n) is 25.3. The number of nitriles is 1. The summed E-state index contributed by atoms with van der Waals surface area (Å²) in [6.07, 6.45) is 14.6. The molecule has 0 saturated heterocycles. The minimum Gasteiger partial charge on any atom is -0.492 e. The van der Waals surface area contributed by atoms with Crippen LogP contribution in [0, 0.1) is 17.2 Å². The Hall–Kier alpha value is -3.58. The van der Waals surface area contributed by atoms with Crippen LogP contribution in [0.5, 0.6) is 11.5 Å². The third-order valence-electron chi connectivity index (χ3n) is 7.80. The number of nitrogens with zero attached hydrogens (tertiary/aromatic N) is 1. The highest BCUT2D eigenvalue weighted by molar-refractivity contribution is 5.91. The van der Waals surface area contributed by atoms with Crippen molar-refractivity contribution in [2.75, 3.05) is 6.61 Å². The minimum absolute atomic E-state index is 0.383. The number of ether oxygens (including phenoxy) is 2. The smallest absolute Gasteiger partial charge is 0.343 e. The Balaban J connectivity index is 1.48. The first kappa shape index (κ1) is 31.9. The highest BCUT2D eigenvalue weighted by atomic mass is 16.5. The van der Waals surface area contributed by atoms with Gasteiger partial charge in [-0.25, -0.2) is 4.79 Å². The molecule has 3 aromatic rings. The van der Waals surface area contributed by atoms with Crippen LogP contribution in [0.2, 0.25) is 0 Å². The van der Waals surface area contributed by atoms with Crippen LogP contribution < -0.4 is 9.47 Å². The number of carbonyl (C=O) groups excluding carboxylic acids is 1. The maximum absolute atomic E-state index is 12.7. The van der Waals surface area contributed by atoms with E-state index in [9.17, 15) is 10.1 Å². The molecule has 0 aliphatic carbocycles. The highest BCUT2D eigenvalue weighted by Gasteiger charge is 2.11. The molecule has 3 aromatic carbocycles. The molecular weight excluding hydrogens is 506 g/mol. The fraction of sp³-hybridized carbons (Fsp3) is 0.459. The summed E-state index contributed by atoms with van der Waals surface area (Å²) in [5, 5.41) is 9.68.